The van der Waals surface area contributed by atoms with E-state index in [9.17, 15) is 4.79 Å². The van der Waals surface area contributed by atoms with Gasteiger partial charge in [0, 0.05) is 18.2 Å². The van der Waals surface area contributed by atoms with Gasteiger partial charge >= 0.3 is 0 Å². The van der Waals surface area contributed by atoms with Gasteiger partial charge in [-0.3, -0.25) is 4.79 Å². The maximum atomic E-state index is 12.4. The molecule has 0 aliphatic carbocycles. The van der Waals surface area contributed by atoms with E-state index >= 15 is 0 Å². The molecule has 3 heteroatoms. The number of aromatic nitrogens is 1. The third-order valence-electron chi connectivity index (χ3n) is 3.36. The van der Waals surface area contributed by atoms with Gasteiger partial charge in [0.05, 0.1) is 5.69 Å². The van der Waals surface area contributed by atoms with Crippen LogP contribution in [0.15, 0.2) is 41.2 Å². The molecule has 0 saturated carbocycles. The normalized spacial score (nSPS) is 12.4. The van der Waals surface area contributed by atoms with Crippen molar-refractivity contribution in [2.75, 3.05) is 0 Å². The summed E-state index contributed by atoms with van der Waals surface area (Å²) in [6.07, 6.45) is 0. The van der Waals surface area contributed by atoms with Crippen LogP contribution >= 0.6 is 0 Å². The van der Waals surface area contributed by atoms with Gasteiger partial charge in [-0.05, 0) is 38.5 Å². The molecular formula is C16H20N2O. The predicted molar refractivity (Wildman–Crippen MR) is 79.2 cm³/mol. The fraction of sp³-hybridized carbons (Fsp3) is 0.312. The average molecular weight is 256 g/mol. The molecule has 0 saturated heterocycles. The van der Waals surface area contributed by atoms with Gasteiger partial charge in [-0.15, -0.1) is 0 Å². The minimum atomic E-state index is -0.239. The summed E-state index contributed by atoms with van der Waals surface area (Å²) in [4.78, 5) is 12.4. The number of hydrogen-bond donors (Lipinski definition) is 1. The second-order valence-electron chi connectivity index (χ2n) is 4.88. The van der Waals surface area contributed by atoms with Gasteiger partial charge in [0.25, 0.3) is 5.56 Å². The molecule has 2 N–H and O–H groups in total. The van der Waals surface area contributed by atoms with Crippen LogP contribution in [0.1, 0.15) is 31.0 Å². The monoisotopic (exact) mass is 256 g/mol. The summed E-state index contributed by atoms with van der Waals surface area (Å²) in [6.45, 7) is 6.50. The minimum Gasteiger partial charge on any atom is -0.324 e. The van der Waals surface area contributed by atoms with Crippen LogP contribution in [0, 0.1) is 6.92 Å². The number of aryl methyl sites for hydroxylation is 1. The van der Waals surface area contributed by atoms with E-state index in [1.807, 2.05) is 38.1 Å². The maximum absolute atomic E-state index is 12.4. The molecule has 100 valence electrons. The van der Waals surface area contributed by atoms with E-state index in [4.69, 9.17) is 5.73 Å². The van der Waals surface area contributed by atoms with Crippen LogP contribution in [0.2, 0.25) is 0 Å². The van der Waals surface area contributed by atoms with E-state index in [0.717, 1.165) is 11.3 Å². The second kappa shape index (κ2) is 5.41. The first kappa shape index (κ1) is 13.6. The van der Waals surface area contributed by atoms with E-state index in [1.54, 1.807) is 4.57 Å². The van der Waals surface area contributed by atoms with Crippen LogP contribution in [-0.4, -0.2) is 4.57 Å². The zero-order chi connectivity index (χ0) is 14.0. The Labute approximate surface area is 113 Å². The molecule has 1 unspecified atom stereocenters. The Hall–Kier alpha value is -1.87. The summed E-state index contributed by atoms with van der Waals surface area (Å²) in [6, 6.07) is 11.8. The summed E-state index contributed by atoms with van der Waals surface area (Å²) in [5.41, 5.74) is 9.72. The van der Waals surface area contributed by atoms with Gasteiger partial charge in [0.2, 0.25) is 0 Å². The lowest BCUT2D eigenvalue weighted by Gasteiger charge is -2.14. The van der Waals surface area contributed by atoms with Gasteiger partial charge in [0.1, 0.15) is 0 Å². The standard InChI is InChI=1S/C16H20N2O/c1-4-18-15(13-7-5-11(2)6-8-13)10-9-14(12(3)17)16(18)19/h5-10,12H,4,17H2,1-3H3. The fourth-order valence-electron chi connectivity index (χ4n) is 2.23. The molecule has 1 heterocycles. The number of nitrogens with two attached hydrogens (primary N) is 1. The van der Waals surface area contributed by atoms with Crippen LogP contribution in [0.3, 0.4) is 0 Å². The van der Waals surface area contributed by atoms with Gasteiger partial charge < -0.3 is 10.3 Å². The Bertz CT molecular complexity index is 624. The molecule has 1 aromatic heterocycles. The van der Waals surface area contributed by atoms with Gasteiger partial charge in [-0.1, -0.05) is 29.8 Å². The third-order valence-corrected chi connectivity index (χ3v) is 3.36. The number of benzene rings is 1. The largest absolute Gasteiger partial charge is 0.324 e. The SMILES string of the molecule is CCn1c(-c2ccc(C)cc2)ccc(C(C)N)c1=O. The lowest BCUT2D eigenvalue weighted by atomic mass is 10.1. The van der Waals surface area contributed by atoms with E-state index in [1.165, 1.54) is 5.56 Å². The van der Waals surface area contributed by atoms with Crippen molar-refractivity contribution in [3.8, 4) is 11.3 Å². The van der Waals surface area contributed by atoms with Crippen molar-refractivity contribution in [3.63, 3.8) is 0 Å². The van der Waals surface area contributed by atoms with Crippen molar-refractivity contribution in [2.45, 2.75) is 33.4 Å². The van der Waals surface area contributed by atoms with Crippen LogP contribution in [0.25, 0.3) is 11.3 Å². The Morgan fingerprint density at radius 3 is 2.32 bits per heavy atom. The van der Waals surface area contributed by atoms with E-state index in [2.05, 4.69) is 19.1 Å². The lowest BCUT2D eigenvalue weighted by molar-refractivity contribution is 0.699. The summed E-state index contributed by atoms with van der Waals surface area (Å²) in [5, 5.41) is 0. The summed E-state index contributed by atoms with van der Waals surface area (Å²) in [7, 11) is 0. The Balaban J connectivity index is 2.62. The van der Waals surface area contributed by atoms with Gasteiger partial charge in [-0.2, -0.15) is 0 Å². The molecule has 0 fully saturated rings. The highest BCUT2D eigenvalue weighted by atomic mass is 16.1. The number of nitrogens with zero attached hydrogens (tertiary/aromatic N) is 1. The molecule has 19 heavy (non-hydrogen) atoms. The Morgan fingerprint density at radius 2 is 1.79 bits per heavy atom. The molecule has 0 amide bonds. The maximum Gasteiger partial charge on any atom is 0.255 e. The van der Waals surface area contributed by atoms with Crippen LogP contribution < -0.4 is 11.3 Å². The molecule has 1 aromatic carbocycles. The first-order valence-corrected chi connectivity index (χ1v) is 6.61. The number of hydrogen-bond acceptors (Lipinski definition) is 2. The quantitative estimate of drug-likeness (QED) is 0.918. The molecule has 0 bridgehead atoms. The summed E-state index contributed by atoms with van der Waals surface area (Å²) >= 11 is 0. The molecule has 2 aromatic rings. The van der Waals surface area contributed by atoms with Gasteiger partial charge in [0.15, 0.2) is 0 Å². The van der Waals surface area contributed by atoms with Crippen molar-refractivity contribution >= 4 is 0 Å². The van der Waals surface area contributed by atoms with Crippen molar-refractivity contribution in [3.05, 3.63) is 57.9 Å². The van der Waals surface area contributed by atoms with Gasteiger partial charge in [-0.25, -0.2) is 0 Å². The third kappa shape index (κ3) is 2.61. The highest BCUT2D eigenvalue weighted by molar-refractivity contribution is 5.60. The Morgan fingerprint density at radius 1 is 1.16 bits per heavy atom. The zero-order valence-electron chi connectivity index (χ0n) is 11.7. The highest BCUT2D eigenvalue weighted by Gasteiger charge is 2.11. The molecule has 0 radical (unpaired) electrons. The highest BCUT2D eigenvalue weighted by Crippen LogP contribution is 2.20. The van der Waals surface area contributed by atoms with E-state index in [0.29, 0.717) is 12.1 Å². The van der Waals surface area contributed by atoms with Crippen LogP contribution in [0.5, 0.6) is 0 Å². The summed E-state index contributed by atoms with van der Waals surface area (Å²) in [5.74, 6) is 0. The minimum absolute atomic E-state index is 0.00979. The van der Waals surface area contributed by atoms with E-state index < -0.39 is 0 Å². The predicted octanol–water partition coefficient (Wildman–Crippen LogP) is 2.86. The first-order chi connectivity index (χ1) is 9.04. The molecule has 0 aliphatic heterocycles. The lowest BCUT2D eigenvalue weighted by Crippen LogP contribution is -2.27. The molecule has 1 atom stereocenters. The first-order valence-electron chi connectivity index (χ1n) is 6.61. The topological polar surface area (TPSA) is 48.0 Å². The molecule has 0 aliphatic rings. The van der Waals surface area contributed by atoms with Crippen molar-refractivity contribution in [2.24, 2.45) is 5.73 Å². The van der Waals surface area contributed by atoms with Crippen LogP contribution in [0.4, 0.5) is 0 Å². The Kier molecular flexibility index (Phi) is 3.86. The molecule has 0 spiro atoms. The second-order valence-corrected chi connectivity index (χ2v) is 4.88. The average Bonchev–Trinajstić information content (AvgIpc) is 2.38. The number of rotatable bonds is 3. The molecule has 2 rings (SSSR count). The van der Waals surface area contributed by atoms with E-state index in [-0.39, 0.29) is 11.6 Å². The van der Waals surface area contributed by atoms with Crippen molar-refractivity contribution in [1.29, 1.82) is 0 Å². The fourth-order valence-corrected chi connectivity index (χ4v) is 2.23. The molecular weight excluding hydrogens is 236 g/mol. The zero-order valence-corrected chi connectivity index (χ0v) is 11.7. The number of pyridine rings is 1. The smallest absolute Gasteiger partial charge is 0.255 e. The molecule has 3 nitrogen and oxygen atoms in total. The van der Waals surface area contributed by atoms with Crippen molar-refractivity contribution < 1.29 is 0 Å². The van der Waals surface area contributed by atoms with Crippen LogP contribution in [-0.2, 0) is 6.54 Å². The van der Waals surface area contributed by atoms with Crippen molar-refractivity contribution in [1.82, 2.24) is 4.57 Å². The summed E-state index contributed by atoms with van der Waals surface area (Å²) < 4.78 is 1.78.